The van der Waals surface area contributed by atoms with E-state index in [9.17, 15) is 23.1 Å². The molecule has 0 unspecified atom stereocenters. The Morgan fingerprint density at radius 3 is 2.11 bits per heavy atom. The predicted molar refractivity (Wildman–Crippen MR) is 62.0 cm³/mol. The monoisotopic (exact) mass is 270 g/mol. The van der Waals surface area contributed by atoms with Gasteiger partial charge in [0.2, 0.25) is 5.91 Å². The van der Waals surface area contributed by atoms with Crippen LogP contribution in [-0.2, 0) is 4.79 Å². The van der Waals surface area contributed by atoms with E-state index in [-0.39, 0.29) is 18.6 Å². The molecular formula is C11H21F3N2O2. The second-order valence-corrected chi connectivity index (χ2v) is 4.36. The molecule has 0 fully saturated rings. The lowest BCUT2D eigenvalue weighted by atomic mass is 9.83. The van der Waals surface area contributed by atoms with Gasteiger partial charge in [-0.25, -0.2) is 0 Å². The molecule has 108 valence electrons. The molecule has 0 saturated carbocycles. The topological polar surface area (TPSA) is 61.4 Å². The summed E-state index contributed by atoms with van der Waals surface area (Å²) in [5, 5.41) is 13.8. The average molecular weight is 270 g/mol. The molecule has 0 aromatic heterocycles. The zero-order valence-electron chi connectivity index (χ0n) is 10.7. The van der Waals surface area contributed by atoms with Crippen molar-refractivity contribution >= 4 is 5.91 Å². The molecule has 1 amide bonds. The zero-order valence-corrected chi connectivity index (χ0v) is 10.7. The zero-order chi connectivity index (χ0) is 14.2. The van der Waals surface area contributed by atoms with Crippen LogP contribution in [0.25, 0.3) is 0 Å². The fourth-order valence-electron chi connectivity index (χ4n) is 1.48. The summed E-state index contributed by atoms with van der Waals surface area (Å²) in [7, 11) is 0. The highest BCUT2D eigenvalue weighted by atomic mass is 19.4. The summed E-state index contributed by atoms with van der Waals surface area (Å²) in [6.45, 7) is 2.72. The SMILES string of the molecule is CCC(CC)(CO)CNCC(=O)NCC(F)(F)F. The normalized spacial score (nSPS) is 12.6. The summed E-state index contributed by atoms with van der Waals surface area (Å²) in [6, 6.07) is 0. The average Bonchev–Trinajstić information content (AvgIpc) is 2.32. The van der Waals surface area contributed by atoms with Crippen molar-refractivity contribution in [2.75, 3.05) is 26.2 Å². The molecule has 0 rings (SSSR count). The molecule has 0 spiro atoms. The predicted octanol–water partition coefficient (Wildman–Crippen LogP) is 1.05. The van der Waals surface area contributed by atoms with Gasteiger partial charge in [0.1, 0.15) is 6.54 Å². The largest absolute Gasteiger partial charge is 0.405 e. The van der Waals surface area contributed by atoms with Gasteiger partial charge in [0, 0.05) is 18.6 Å². The minimum absolute atomic E-state index is 0.0167. The molecular weight excluding hydrogens is 249 g/mol. The van der Waals surface area contributed by atoms with Crippen LogP contribution in [0.3, 0.4) is 0 Å². The molecule has 0 atom stereocenters. The van der Waals surface area contributed by atoms with Crippen molar-refractivity contribution in [2.45, 2.75) is 32.9 Å². The first-order valence-electron chi connectivity index (χ1n) is 5.93. The van der Waals surface area contributed by atoms with Crippen LogP contribution in [-0.4, -0.2) is 43.4 Å². The Labute approximate surface area is 105 Å². The Bertz CT molecular complexity index is 245. The molecule has 4 nitrogen and oxygen atoms in total. The van der Waals surface area contributed by atoms with E-state index in [0.29, 0.717) is 6.54 Å². The molecule has 0 saturated heterocycles. The lowest BCUT2D eigenvalue weighted by molar-refractivity contribution is -0.137. The summed E-state index contributed by atoms with van der Waals surface area (Å²) in [5.41, 5.74) is -0.315. The van der Waals surface area contributed by atoms with Crippen molar-refractivity contribution in [1.82, 2.24) is 10.6 Å². The Balaban J connectivity index is 3.93. The van der Waals surface area contributed by atoms with E-state index >= 15 is 0 Å². The van der Waals surface area contributed by atoms with Crippen molar-refractivity contribution in [2.24, 2.45) is 5.41 Å². The highest BCUT2D eigenvalue weighted by Gasteiger charge is 2.28. The third-order valence-corrected chi connectivity index (χ3v) is 3.11. The minimum Gasteiger partial charge on any atom is -0.396 e. The summed E-state index contributed by atoms with van der Waals surface area (Å²) in [5.74, 6) is -0.702. The van der Waals surface area contributed by atoms with Crippen LogP contribution in [0.15, 0.2) is 0 Å². The van der Waals surface area contributed by atoms with E-state index in [2.05, 4.69) is 5.32 Å². The summed E-state index contributed by atoms with van der Waals surface area (Å²) in [6.07, 6.45) is -2.92. The van der Waals surface area contributed by atoms with E-state index in [0.717, 1.165) is 12.8 Å². The molecule has 0 radical (unpaired) electrons. The van der Waals surface area contributed by atoms with Gasteiger partial charge in [0.05, 0.1) is 6.54 Å². The molecule has 0 bridgehead atoms. The molecule has 0 aliphatic rings. The van der Waals surface area contributed by atoms with E-state index in [1.165, 1.54) is 0 Å². The molecule has 0 aliphatic carbocycles. The van der Waals surface area contributed by atoms with Crippen molar-refractivity contribution in [3.8, 4) is 0 Å². The Hall–Kier alpha value is -0.820. The minimum atomic E-state index is -4.39. The number of alkyl halides is 3. The first kappa shape index (κ1) is 17.2. The second kappa shape index (κ2) is 7.58. The first-order valence-corrected chi connectivity index (χ1v) is 5.93. The fraction of sp³-hybridized carbons (Fsp3) is 0.909. The molecule has 0 aromatic rings. The summed E-state index contributed by atoms with van der Waals surface area (Å²) < 4.78 is 35.5. The highest BCUT2D eigenvalue weighted by molar-refractivity contribution is 5.78. The fourth-order valence-corrected chi connectivity index (χ4v) is 1.48. The maximum atomic E-state index is 11.8. The Kier molecular flexibility index (Phi) is 7.23. The lowest BCUT2D eigenvalue weighted by Crippen LogP contribution is -2.43. The van der Waals surface area contributed by atoms with Crippen molar-refractivity contribution < 1.29 is 23.1 Å². The van der Waals surface area contributed by atoms with E-state index in [1.807, 2.05) is 13.8 Å². The van der Waals surface area contributed by atoms with E-state index in [1.54, 1.807) is 5.32 Å². The van der Waals surface area contributed by atoms with Crippen molar-refractivity contribution in [3.63, 3.8) is 0 Å². The molecule has 0 heterocycles. The van der Waals surface area contributed by atoms with Crippen LogP contribution in [0.2, 0.25) is 0 Å². The smallest absolute Gasteiger partial charge is 0.396 e. The number of amides is 1. The van der Waals surface area contributed by atoms with Gasteiger partial charge in [0.15, 0.2) is 0 Å². The number of nitrogens with one attached hydrogen (secondary N) is 2. The Morgan fingerprint density at radius 1 is 1.17 bits per heavy atom. The van der Waals surface area contributed by atoms with Gasteiger partial charge in [-0.2, -0.15) is 13.2 Å². The first-order chi connectivity index (χ1) is 8.28. The van der Waals surface area contributed by atoms with Gasteiger partial charge in [0.25, 0.3) is 0 Å². The molecule has 0 aromatic carbocycles. The van der Waals surface area contributed by atoms with Gasteiger partial charge in [-0.3, -0.25) is 4.79 Å². The number of hydrogen-bond acceptors (Lipinski definition) is 3. The number of carbonyl (C=O) groups is 1. The number of rotatable bonds is 8. The van der Waals surface area contributed by atoms with Gasteiger partial charge in [-0.05, 0) is 12.8 Å². The van der Waals surface area contributed by atoms with Crippen LogP contribution in [0.5, 0.6) is 0 Å². The number of aliphatic hydroxyl groups is 1. The van der Waals surface area contributed by atoms with Gasteiger partial charge in [-0.15, -0.1) is 0 Å². The standard InChI is InChI=1S/C11H21F3N2O2/c1-3-10(4-2,8-17)6-15-5-9(18)16-7-11(12,13)14/h15,17H,3-8H2,1-2H3,(H,16,18). The molecule has 0 aliphatic heterocycles. The van der Waals surface area contributed by atoms with Crippen LogP contribution >= 0.6 is 0 Å². The van der Waals surface area contributed by atoms with Gasteiger partial charge in [-0.1, -0.05) is 13.8 Å². The van der Waals surface area contributed by atoms with Gasteiger partial charge >= 0.3 is 6.18 Å². The number of halogens is 3. The van der Waals surface area contributed by atoms with Crippen LogP contribution in [0.4, 0.5) is 13.2 Å². The van der Waals surface area contributed by atoms with Crippen molar-refractivity contribution in [3.05, 3.63) is 0 Å². The van der Waals surface area contributed by atoms with Crippen LogP contribution in [0, 0.1) is 5.41 Å². The van der Waals surface area contributed by atoms with Crippen LogP contribution in [0.1, 0.15) is 26.7 Å². The number of carbonyl (C=O) groups excluding carboxylic acids is 1. The van der Waals surface area contributed by atoms with Gasteiger partial charge < -0.3 is 15.7 Å². The number of aliphatic hydroxyl groups excluding tert-OH is 1. The Morgan fingerprint density at radius 2 is 1.72 bits per heavy atom. The lowest BCUT2D eigenvalue weighted by Gasteiger charge is -2.29. The molecule has 3 N–H and O–H groups in total. The van der Waals surface area contributed by atoms with Crippen LogP contribution < -0.4 is 10.6 Å². The maximum Gasteiger partial charge on any atom is 0.405 e. The number of hydrogen-bond donors (Lipinski definition) is 3. The summed E-state index contributed by atoms with van der Waals surface area (Å²) >= 11 is 0. The van der Waals surface area contributed by atoms with Crippen molar-refractivity contribution in [1.29, 1.82) is 0 Å². The maximum absolute atomic E-state index is 11.8. The van der Waals surface area contributed by atoms with E-state index < -0.39 is 18.6 Å². The molecule has 7 heteroatoms. The van der Waals surface area contributed by atoms with E-state index in [4.69, 9.17) is 0 Å². The highest BCUT2D eigenvalue weighted by Crippen LogP contribution is 2.24. The third-order valence-electron chi connectivity index (χ3n) is 3.11. The second-order valence-electron chi connectivity index (χ2n) is 4.36. The molecule has 18 heavy (non-hydrogen) atoms. The third kappa shape index (κ3) is 6.80. The summed E-state index contributed by atoms with van der Waals surface area (Å²) in [4.78, 5) is 11.1. The quantitative estimate of drug-likeness (QED) is 0.618.